The molecule has 0 saturated carbocycles. The maximum atomic E-state index is 12.7. The van der Waals surface area contributed by atoms with Crippen molar-refractivity contribution in [3.8, 4) is 0 Å². The zero-order valence-corrected chi connectivity index (χ0v) is 17.3. The number of aromatic nitrogens is 2. The highest BCUT2D eigenvalue weighted by Gasteiger charge is 2.33. The largest absolute Gasteiger partial charge is 0.465 e. The van der Waals surface area contributed by atoms with Crippen LogP contribution in [0.2, 0.25) is 0 Å². The average Bonchev–Trinajstić information content (AvgIpc) is 3.02. The molecule has 29 heavy (non-hydrogen) atoms. The molecule has 1 aliphatic carbocycles. The van der Waals surface area contributed by atoms with Gasteiger partial charge in [0.2, 0.25) is 5.91 Å². The molecule has 1 aliphatic rings. The van der Waals surface area contributed by atoms with Crippen LogP contribution in [0, 0.1) is 5.92 Å². The Kier molecular flexibility index (Phi) is 6.47. The van der Waals surface area contributed by atoms with Gasteiger partial charge in [-0.3, -0.25) is 4.79 Å². The molecule has 0 fully saturated rings. The average molecular weight is 445 g/mol. The van der Waals surface area contributed by atoms with Gasteiger partial charge in [0, 0.05) is 11.1 Å². The number of nitrogens with one attached hydrogen (secondary N) is 1. The van der Waals surface area contributed by atoms with E-state index >= 15 is 0 Å². The number of esters is 1. The van der Waals surface area contributed by atoms with Gasteiger partial charge in [0.05, 0.1) is 18.4 Å². The molecule has 2 heterocycles. The van der Waals surface area contributed by atoms with E-state index in [4.69, 9.17) is 4.74 Å². The number of anilines is 1. The number of fused-ring (bicyclic) bond motifs is 1. The van der Waals surface area contributed by atoms with Gasteiger partial charge in [0.1, 0.15) is 10.7 Å². The van der Waals surface area contributed by atoms with Crippen LogP contribution in [-0.4, -0.2) is 34.7 Å². The minimum absolute atomic E-state index is 0.150. The van der Waals surface area contributed by atoms with Crippen LogP contribution in [0.15, 0.2) is 17.4 Å². The Balaban J connectivity index is 1.72. The molecule has 6 nitrogen and oxygen atoms in total. The van der Waals surface area contributed by atoms with E-state index in [-0.39, 0.29) is 10.9 Å². The summed E-state index contributed by atoms with van der Waals surface area (Å²) in [4.78, 5) is 32.8. The van der Waals surface area contributed by atoms with Crippen molar-refractivity contribution in [2.24, 2.45) is 5.92 Å². The molecule has 0 radical (unpaired) electrons. The molecule has 1 unspecified atom stereocenters. The lowest BCUT2D eigenvalue weighted by Crippen LogP contribution is -2.17. The van der Waals surface area contributed by atoms with Gasteiger partial charge in [-0.25, -0.2) is 14.8 Å². The smallest absolute Gasteiger partial charge is 0.433 e. The Bertz CT molecular complexity index is 931. The number of carbonyl (C=O) groups is 2. The number of rotatable bonds is 5. The summed E-state index contributed by atoms with van der Waals surface area (Å²) in [5.74, 6) is -0.682. The Morgan fingerprint density at radius 3 is 2.86 bits per heavy atom. The first kappa shape index (κ1) is 21.6. The number of halogens is 3. The third-order valence-electron chi connectivity index (χ3n) is 4.41. The second kappa shape index (κ2) is 8.70. The lowest BCUT2D eigenvalue weighted by atomic mass is 9.88. The summed E-state index contributed by atoms with van der Waals surface area (Å²) in [6, 6.07) is 0.768. The summed E-state index contributed by atoms with van der Waals surface area (Å²) in [5, 5.41) is 2.95. The number of thioether (sulfide) groups is 1. The van der Waals surface area contributed by atoms with Gasteiger partial charge in [-0.05, 0) is 36.8 Å². The highest BCUT2D eigenvalue weighted by Crippen LogP contribution is 2.40. The van der Waals surface area contributed by atoms with Gasteiger partial charge in [-0.15, -0.1) is 11.3 Å². The van der Waals surface area contributed by atoms with Crippen molar-refractivity contribution in [1.29, 1.82) is 0 Å². The molecule has 11 heteroatoms. The second-order valence-electron chi connectivity index (χ2n) is 6.61. The number of alkyl halides is 3. The molecule has 0 spiro atoms. The number of nitrogens with zero attached hydrogens (tertiary/aromatic N) is 2. The van der Waals surface area contributed by atoms with Gasteiger partial charge in [-0.1, -0.05) is 18.7 Å². The minimum Gasteiger partial charge on any atom is -0.465 e. The summed E-state index contributed by atoms with van der Waals surface area (Å²) in [6.45, 7) is 2.13. The van der Waals surface area contributed by atoms with Crippen molar-refractivity contribution >= 4 is 40.0 Å². The number of ether oxygens (including phenoxy) is 1. The first-order valence-corrected chi connectivity index (χ1v) is 10.5. The van der Waals surface area contributed by atoms with Gasteiger partial charge < -0.3 is 10.1 Å². The third kappa shape index (κ3) is 5.08. The van der Waals surface area contributed by atoms with E-state index in [2.05, 4.69) is 22.2 Å². The van der Waals surface area contributed by atoms with E-state index in [0.29, 0.717) is 16.5 Å². The zero-order chi connectivity index (χ0) is 21.2. The van der Waals surface area contributed by atoms with Crippen LogP contribution in [0.5, 0.6) is 0 Å². The van der Waals surface area contributed by atoms with Crippen LogP contribution in [0.3, 0.4) is 0 Å². The molecule has 0 aromatic carbocycles. The molecule has 1 N–H and O–H groups in total. The third-order valence-corrected chi connectivity index (χ3v) is 6.44. The highest BCUT2D eigenvalue weighted by molar-refractivity contribution is 7.99. The van der Waals surface area contributed by atoms with E-state index in [1.807, 2.05) is 0 Å². The molecule has 2 aromatic heterocycles. The number of carbonyl (C=O) groups excluding carboxylic acids is 2. The van der Waals surface area contributed by atoms with E-state index in [0.717, 1.165) is 53.7 Å². The maximum Gasteiger partial charge on any atom is 0.433 e. The van der Waals surface area contributed by atoms with Crippen LogP contribution < -0.4 is 5.32 Å². The quantitative estimate of drug-likeness (QED) is 0.422. The normalized spacial score (nSPS) is 16.2. The van der Waals surface area contributed by atoms with Crippen molar-refractivity contribution in [3.63, 3.8) is 0 Å². The van der Waals surface area contributed by atoms with Crippen LogP contribution in [0.1, 0.15) is 39.8 Å². The van der Waals surface area contributed by atoms with E-state index in [9.17, 15) is 22.8 Å². The molecule has 0 bridgehead atoms. The number of thiophene rings is 1. The van der Waals surface area contributed by atoms with Crippen molar-refractivity contribution < 1.29 is 27.5 Å². The van der Waals surface area contributed by atoms with Crippen LogP contribution >= 0.6 is 23.1 Å². The molecule has 1 amide bonds. The standard InChI is InChI=1S/C18H18F3N3O3S2/c1-9-3-4-10-11(7-9)29-15(14(10)16(26)27-2)24-13(25)8-28-17-22-6-5-12(23-17)18(19,20)21/h5-6,9H,3-4,7-8H2,1-2H3,(H,24,25). The van der Waals surface area contributed by atoms with Gasteiger partial charge in [0.25, 0.3) is 0 Å². The van der Waals surface area contributed by atoms with Crippen LogP contribution in [-0.2, 0) is 28.5 Å². The molecule has 3 rings (SSSR count). The summed E-state index contributed by atoms with van der Waals surface area (Å²) < 4.78 is 43.0. The fourth-order valence-corrected chi connectivity index (χ4v) is 5.06. The van der Waals surface area contributed by atoms with Gasteiger partial charge in [-0.2, -0.15) is 13.2 Å². The SMILES string of the molecule is COC(=O)c1c(NC(=O)CSc2nccc(C(F)(F)F)n2)sc2c1CCC(C)C2. The van der Waals surface area contributed by atoms with E-state index in [1.165, 1.54) is 18.4 Å². The molecular formula is C18H18F3N3O3S2. The number of amides is 1. The lowest BCUT2D eigenvalue weighted by molar-refractivity contribution is -0.141. The molecule has 0 saturated heterocycles. The zero-order valence-electron chi connectivity index (χ0n) is 15.6. The Labute approximate surface area is 173 Å². The fraction of sp³-hybridized carbons (Fsp3) is 0.444. The monoisotopic (exact) mass is 445 g/mol. The number of methoxy groups -OCH3 is 1. The summed E-state index contributed by atoms with van der Waals surface area (Å²) in [6.07, 6.45) is -1.07. The maximum absolute atomic E-state index is 12.7. The van der Waals surface area contributed by atoms with Crippen molar-refractivity contribution in [1.82, 2.24) is 9.97 Å². The van der Waals surface area contributed by atoms with E-state index < -0.39 is 23.7 Å². The lowest BCUT2D eigenvalue weighted by Gasteiger charge is -2.18. The molecule has 156 valence electrons. The Morgan fingerprint density at radius 2 is 2.17 bits per heavy atom. The number of hydrogen-bond acceptors (Lipinski definition) is 7. The predicted octanol–water partition coefficient (Wildman–Crippen LogP) is 4.20. The molecule has 0 aliphatic heterocycles. The molecular weight excluding hydrogens is 427 g/mol. The highest BCUT2D eigenvalue weighted by atomic mass is 32.2. The second-order valence-corrected chi connectivity index (χ2v) is 8.65. The van der Waals surface area contributed by atoms with Crippen LogP contribution in [0.4, 0.5) is 18.2 Å². The molecule has 1 atom stereocenters. The fourth-order valence-electron chi connectivity index (χ4n) is 3.02. The summed E-state index contributed by atoms with van der Waals surface area (Å²) in [5.41, 5.74) is 0.209. The topological polar surface area (TPSA) is 81.2 Å². The van der Waals surface area contributed by atoms with Crippen LogP contribution in [0.25, 0.3) is 0 Å². The van der Waals surface area contributed by atoms with Crippen molar-refractivity contribution in [2.75, 3.05) is 18.2 Å². The molecule has 2 aromatic rings. The summed E-state index contributed by atoms with van der Waals surface area (Å²) >= 11 is 2.13. The summed E-state index contributed by atoms with van der Waals surface area (Å²) in [7, 11) is 1.28. The predicted molar refractivity (Wildman–Crippen MR) is 103 cm³/mol. The number of hydrogen-bond donors (Lipinski definition) is 1. The van der Waals surface area contributed by atoms with Gasteiger partial charge >= 0.3 is 12.1 Å². The van der Waals surface area contributed by atoms with Crippen molar-refractivity contribution in [2.45, 2.75) is 37.5 Å². The Hall–Kier alpha value is -2.14. The first-order valence-electron chi connectivity index (χ1n) is 8.74. The Morgan fingerprint density at radius 1 is 1.41 bits per heavy atom. The first-order chi connectivity index (χ1) is 13.7. The van der Waals surface area contributed by atoms with Crippen molar-refractivity contribution in [3.05, 3.63) is 34.0 Å². The van der Waals surface area contributed by atoms with E-state index in [1.54, 1.807) is 0 Å². The minimum atomic E-state index is -4.58. The van der Waals surface area contributed by atoms with Gasteiger partial charge in [0.15, 0.2) is 5.16 Å².